The Balaban J connectivity index is 4.52. The van der Waals surface area contributed by atoms with E-state index in [1.165, 1.54) is 77.0 Å². The molecule has 0 aromatic carbocycles. The highest BCUT2D eigenvalue weighted by molar-refractivity contribution is 5.71. The summed E-state index contributed by atoms with van der Waals surface area (Å²) >= 11 is 0. The molecule has 6 heteroatoms. The average molecular weight is 929 g/mol. The lowest BCUT2D eigenvalue weighted by Gasteiger charge is -2.18. The SMILES string of the molecule is CC/C=C/C/C=C/C/C=C/C/C=C/C/C=C/C/C=C/CCC(=O)OC[C@@H](COC(=O)CCCCCCCCCCCCCCCCC)OC(=O)CCCCCCC/C=C/C/C=C/C/C=C/CC. The smallest absolute Gasteiger partial charge is 0.306 e. The maximum atomic E-state index is 12.8. The van der Waals surface area contributed by atoms with Gasteiger partial charge in [-0.15, -0.1) is 0 Å². The summed E-state index contributed by atoms with van der Waals surface area (Å²) in [4.78, 5) is 38.1. The van der Waals surface area contributed by atoms with Gasteiger partial charge in [-0.1, -0.05) is 239 Å². The number of hydrogen-bond acceptors (Lipinski definition) is 6. The van der Waals surface area contributed by atoms with Crippen molar-refractivity contribution in [3.05, 3.63) is 109 Å². The van der Waals surface area contributed by atoms with E-state index >= 15 is 0 Å². The second kappa shape index (κ2) is 54.7. The lowest BCUT2D eigenvalue weighted by molar-refractivity contribution is -0.166. The Kier molecular flexibility index (Phi) is 51.5. The third-order valence-electron chi connectivity index (χ3n) is 11.3. The number of carbonyl (C=O) groups excluding carboxylic acids is 3. The van der Waals surface area contributed by atoms with Gasteiger partial charge >= 0.3 is 17.9 Å². The van der Waals surface area contributed by atoms with Crippen LogP contribution < -0.4 is 0 Å². The van der Waals surface area contributed by atoms with Crippen LogP contribution in [0.5, 0.6) is 0 Å². The van der Waals surface area contributed by atoms with Crippen LogP contribution in [-0.2, 0) is 28.6 Å². The first-order valence-corrected chi connectivity index (χ1v) is 27.4. The van der Waals surface area contributed by atoms with Gasteiger partial charge in [-0.2, -0.15) is 0 Å². The molecule has 0 bridgehead atoms. The predicted octanol–water partition coefficient (Wildman–Crippen LogP) is 18.3. The molecule has 380 valence electrons. The third-order valence-corrected chi connectivity index (χ3v) is 11.3. The van der Waals surface area contributed by atoms with E-state index < -0.39 is 6.10 Å². The van der Waals surface area contributed by atoms with Crippen LogP contribution in [0, 0.1) is 0 Å². The Morgan fingerprint density at radius 3 is 1.00 bits per heavy atom. The molecule has 0 saturated heterocycles. The van der Waals surface area contributed by atoms with E-state index in [1.807, 2.05) is 6.08 Å². The standard InChI is InChI=1S/C61H100O6/c1-4-7-10-13-16-19-22-25-28-29-30-31-34-36-39-42-45-48-51-54-60(63)66-57-58(67-61(64)55-52-49-46-43-40-37-33-27-24-21-18-15-12-9-6-3)56-65-59(62)53-50-47-44-41-38-35-32-26-23-20-17-14-11-8-5-2/h7,9-10,12,16,18-19,21,25,27-28,30-31,33,36,39,45,48,58H,4-6,8,11,13-15,17,20,22-24,26,29,32,34-35,37-38,40-44,46-47,49-57H2,1-3H3/b10-7+,12-9+,19-16+,21-18+,28-25+,31-30+,33-27+,39-36+,48-45+/t58-/m1/s1. The molecule has 0 aromatic rings. The third kappa shape index (κ3) is 52.9. The van der Waals surface area contributed by atoms with Gasteiger partial charge in [-0.05, 0) is 89.9 Å². The second-order valence-corrected chi connectivity index (χ2v) is 17.7. The molecule has 0 fully saturated rings. The normalized spacial score (nSPS) is 12.9. The Morgan fingerprint density at radius 1 is 0.313 bits per heavy atom. The molecular weight excluding hydrogens is 829 g/mol. The summed E-state index contributed by atoms with van der Waals surface area (Å²) in [6.07, 6.45) is 73.7. The topological polar surface area (TPSA) is 78.9 Å². The molecule has 0 amide bonds. The number of esters is 3. The molecule has 0 saturated carbocycles. The number of ether oxygens (including phenoxy) is 3. The molecule has 0 aliphatic carbocycles. The van der Waals surface area contributed by atoms with Crippen molar-refractivity contribution in [2.75, 3.05) is 13.2 Å². The Labute approximate surface area is 412 Å². The lowest BCUT2D eigenvalue weighted by Crippen LogP contribution is -2.30. The minimum atomic E-state index is -0.818. The number of allylic oxidation sites excluding steroid dienone is 18. The molecule has 0 unspecified atom stereocenters. The Bertz CT molecular complexity index is 1390. The van der Waals surface area contributed by atoms with Gasteiger partial charge < -0.3 is 14.2 Å². The Hall–Kier alpha value is -3.93. The van der Waals surface area contributed by atoms with Crippen LogP contribution in [0.3, 0.4) is 0 Å². The number of carbonyl (C=O) groups is 3. The van der Waals surface area contributed by atoms with Crippen LogP contribution in [0.4, 0.5) is 0 Å². The Morgan fingerprint density at radius 2 is 0.612 bits per heavy atom. The van der Waals surface area contributed by atoms with E-state index in [2.05, 4.69) is 124 Å². The van der Waals surface area contributed by atoms with Crippen LogP contribution >= 0.6 is 0 Å². The van der Waals surface area contributed by atoms with Crippen molar-refractivity contribution in [3.63, 3.8) is 0 Å². The van der Waals surface area contributed by atoms with Gasteiger partial charge in [-0.25, -0.2) is 0 Å². The lowest BCUT2D eigenvalue weighted by atomic mass is 10.0. The molecule has 0 N–H and O–H groups in total. The average Bonchev–Trinajstić information content (AvgIpc) is 3.33. The van der Waals surface area contributed by atoms with Crippen molar-refractivity contribution in [2.45, 2.75) is 245 Å². The van der Waals surface area contributed by atoms with Crippen molar-refractivity contribution in [3.8, 4) is 0 Å². The van der Waals surface area contributed by atoms with Gasteiger partial charge in [0.25, 0.3) is 0 Å². The van der Waals surface area contributed by atoms with Crippen molar-refractivity contribution in [1.29, 1.82) is 0 Å². The van der Waals surface area contributed by atoms with Gasteiger partial charge in [0.15, 0.2) is 6.10 Å². The summed E-state index contributed by atoms with van der Waals surface area (Å²) in [5, 5.41) is 0. The predicted molar refractivity (Wildman–Crippen MR) is 288 cm³/mol. The van der Waals surface area contributed by atoms with Crippen LogP contribution in [0.1, 0.15) is 239 Å². The van der Waals surface area contributed by atoms with Crippen molar-refractivity contribution in [2.24, 2.45) is 0 Å². The summed E-state index contributed by atoms with van der Waals surface area (Å²) in [7, 11) is 0. The first-order valence-electron chi connectivity index (χ1n) is 27.4. The maximum Gasteiger partial charge on any atom is 0.306 e. The van der Waals surface area contributed by atoms with E-state index in [0.29, 0.717) is 19.3 Å². The summed E-state index contributed by atoms with van der Waals surface area (Å²) in [6, 6.07) is 0. The number of hydrogen-bond donors (Lipinski definition) is 0. The molecule has 0 aromatic heterocycles. The fourth-order valence-corrected chi connectivity index (χ4v) is 7.25. The van der Waals surface area contributed by atoms with Crippen molar-refractivity contribution < 1.29 is 28.6 Å². The second-order valence-electron chi connectivity index (χ2n) is 17.7. The molecule has 0 spiro atoms. The fourth-order valence-electron chi connectivity index (χ4n) is 7.25. The quantitative estimate of drug-likeness (QED) is 0.0262. The van der Waals surface area contributed by atoms with Gasteiger partial charge in [0.1, 0.15) is 13.2 Å². The first-order chi connectivity index (χ1) is 33.0. The summed E-state index contributed by atoms with van der Waals surface area (Å²) < 4.78 is 16.8. The van der Waals surface area contributed by atoms with Gasteiger partial charge in [-0.3, -0.25) is 14.4 Å². The highest BCUT2D eigenvalue weighted by Gasteiger charge is 2.19. The highest BCUT2D eigenvalue weighted by Crippen LogP contribution is 2.15. The van der Waals surface area contributed by atoms with E-state index in [-0.39, 0.29) is 37.5 Å². The van der Waals surface area contributed by atoms with Crippen LogP contribution in [0.25, 0.3) is 0 Å². The minimum Gasteiger partial charge on any atom is -0.462 e. The van der Waals surface area contributed by atoms with Crippen LogP contribution in [0.2, 0.25) is 0 Å². The van der Waals surface area contributed by atoms with Gasteiger partial charge in [0.2, 0.25) is 0 Å². The molecule has 0 heterocycles. The number of unbranched alkanes of at least 4 members (excludes halogenated alkanes) is 19. The molecule has 67 heavy (non-hydrogen) atoms. The molecule has 0 radical (unpaired) electrons. The maximum absolute atomic E-state index is 12.8. The molecule has 1 atom stereocenters. The van der Waals surface area contributed by atoms with Crippen molar-refractivity contribution in [1.82, 2.24) is 0 Å². The van der Waals surface area contributed by atoms with Crippen LogP contribution in [0.15, 0.2) is 109 Å². The van der Waals surface area contributed by atoms with E-state index in [4.69, 9.17) is 14.2 Å². The van der Waals surface area contributed by atoms with E-state index in [0.717, 1.165) is 116 Å². The van der Waals surface area contributed by atoms with Gasteiger partial charge in [0, 0.05) is 19.3 Å². The summed E-state index contributed by atoms with van der Waals surface area (Å²) in [5.74, 6) is -1.01. The zero-order chi connectivity index (χ0) is 48.6. The minimum absolute atomic E-state index is 0.108. The molecule has 0 aliphatic heterocycles. The molecule has 0 aliphatic rings. The van der Waals surface area contributed by atoms with Crippen LogP contribution in [-0.4, -0.2) is 37.2 Å². The summed E-state index contributed by atoms with van der Waals surface area (Å²) in [6.45, 7) is 6.34. The zero-order valence-corrected chi connectivity index (χ0v) is 43.4. The monoisotopic (exact) mass is 929 g/mol. The van der Waals surface area contributed by atoms with E-state index in [1.54, 1.807) is 0 Å². The molecule has 6 nitrogen and oxygen atoms in total. The van der Waals surface area contributed by atoms with Crippen molar-refractivity contribution >= 4 is 17.9 Å². The highest BCUT2D eigenvalue weighted by atomic mass is 16.6. The zero-order valence-electron chi connectivity index (χ0n) is 43.4. The first kappa shape index (κ1) is 63.1. The number of rotatable bonds is 48. The summed E-state index contributed by atoms with van der Waals surface area (Å²) in [5.41, 5.74) is 0. The molecular formula is C61H100O6. The van der Waals surface area contributed by atoms with Gasteiger partial charge in [0.05, 0.1) is 0 Å². The largest absolute Gasteiger partial charge is 0.462 e. The van der Waals surface area contributed by atoms with E-state index in [9.17, 15) is 14.4 Å². The fraction of sp³-hybridized carbons (Fsp3) is 0.656. The molecule has 0 rings (SSSR count).